The Hall–Kier alpha value is -2.48. The summed E-state index contributed by atoms with van der Waals surface area (Å²) in [4.78, 5) is 11.6. The van der Waals surface area contributed by atoms with Gasteiger partial charge < -0.3 is 14.2 Å². The fourth-order valence-electron chi connectivity index (χ4n) is 2.72. The zero-order valence-electron chi connectivity index (χ0n) is 13.2. The lowest BCUT2D eigenvalue weighted by atomic mass is 10.1. The van der Waals surface area contributed by atoms with Crippen LogP contribution in [0, 0.1) is 6.92 Å². The number of carbonyl (C=O) groups is 1. The van der Waals surface area contributed by atoms with E-state index in [2.05, 4.69) is 10.2 Å². The zero-order chi connectivity index (χ0) is 16.7. The summed E-state index contributed by atoms with van der Waals surface area (Å²) in [6.07, 6.45) is 0. The number of esters is 1. The van der Waals surface area contributed by atoms with Crippen molar-refractivity contribution in [1.29, 1.82) is 0 Å². The lowest BCUT2D eigenvalue weighted by molar-refractivity contribution is -0.139. The third-order valence-electron chi connectivity index (χ3n) is 3.75. The SMILES string of the molecule is CCOC(=O)CSc1nnc2c(C)cc3cc4c(cc3n12)OCO4. The molecule has 0 bridgehead atoms. The minimum atomic E-state index is -0.270. The van der Waals surface area contributed by atoms with Gasteiger partial charge in [-0.25, -0.2) is 0 Å². The number of thioether (sulfide) groups is 1. The molecule has 0 radical (unpaired) electrons. The van der Waals surface area contributed by atoms with Gasteiger partial charge in [0.05, 0.1) is 17.9 Å². The Morgan fingerprint density at radius 3 is 2.88 bits per heavy atom. The largest absolute Gasteiger partial charge is 0.465 e. The van der Waals surface area contributed by atoms with E-state index in [-0.39, 0.29) is 18.5 Å². The van der Waals surface area contributed by atoms with E-state index in [1.807, 2.05) is 29.5 Å². The molecule has 1 aliphatic heterocycles. The van der Waals surface area contributed by atoms with Crippen molar-refractivity contribution in [1.82, 2.24) is 14.6 Å². The van der Waals surface area contributed by atoms with Crippen molar-refractivity contribution in [3.63, 3.8) is 0 Å². The number of rotatable bonds is 4. The normalized spacial score (nSPS) is 12.9. The van der Waals surface area contributed by atoms with Crippen LogP contribution in [0.5, 0.6) is 11.5 Å². The number of aryl methyl sites for hydroxylation is 1. The number of pyridine rings is 1. The smallest absolute Gasteiger partial charge is 0.316 e. The first-order chi connectivity index (χ1) is 11.7. The van der Waals surface area contributed by atoms with Crippen molar-refractivity contribution in [3.8, 4) is 11.5 Å². The number of nitrogens with zero attached hydrogens (tertiary/aromatic N) is 3. The minimum Gasteiger partial charge on any atom is -0.465 e. The van der Waals surface area contributed by atoms with Crippen LogP contribution in [0.1, 0.15) is 12.5 Å². The molecule has 0 fully saturated rings. The molecule has 0 aliphatic carbocycles. The van der Waals surface area contributed by atoms with Gasteiger partial charge in [0.15, 0.2) is 22.3 Å². The molecule has 0 N–H and O–H groups in total. The van der Waals surface area contributed by atoms with Crippen LogP contribution in [0.15, 0.2) is 23.4 Å². The number of aromatic nitrogens is 3. The zero-order valence-corrected chi connectivity index (χ0v) is 14.1. The maximum Gasteiger partial charge on any atom is 0.316 e. The number of ether oxygens (including phenoxy) is 3. The van der Waals surface area contributed by atoms with Gasteiger partial charge in [-0.1, -0.05) is 11.8 Å². The van der Waals surface area contributed by atoms with Gasteiger partial charge in [-0.15, -0.1) is 10.2 Å². The van der Waals surface area contributed by atoms with E-state index in [4.69, 9.17) is 14.2 Å². The van der Waals surface area contributed by atoms with Gasteiger partial charge >= 0.3 is 5.97 Å². The molecule has 2 aromatic heterocycles. The summed E-state index contributed by atoms with van der Waals surface area (Å²) >= 11 is 1.30. The second-order valence-corrected chi connectivity index (χ2v) is 6.27. The molecule has 1 aliphatic rings. The van der Waals surface area contributed by atoms with Gasteiger partial charge in [-0.3, -0.25) is 9.20 Å². The molecule has 0 spiro atoms. The minimum absolute atomic E-state index is 0.189. The number of hydrogen-bond donors (Lipinski definition) is 0. The van der Waals surface area contributed by atoms with Gasteiger partial charge in [-0.2, -0.15) is 0 Å². The first kappa shape index (κ1) is 15.1. The predicted octanol–water partition coefficient (Wildman–Crippen LogP) is 2.57. The first-order valence-electron chi connectivity index (χ1n) is 7.54. The summed E-state index contributed by atoms with van der Waals surface area (Å²) in [7, 11) is 0. The Bertz CT molecular complexity index is 954. The van der Waals surface area contributed by atoms with Crippen LogP contribution in [0.4, 0.5) is 0 Å². The molecule has 1 aromatic carbocycles. The quantitative estimate of drug-likeness (QED) is 0.531. The van der Waals surface area contributed by atoms with E-state index >= 15 is 0 Å². The topological polar surface area (TPSA) is 75.0 Å². The third-order valence-corrected chi connectivity index (χ3v) is 4.65. The summed E-state index contributed by atoms with van der Waals surface area (Å²) < 4.78 is 17.8. The van der Waals surface area contributed by atoms with Crippen molar-refractivity contribution >= 4 is 34.3 Å². The van der Waals surface area contributed by atoms with Crippen molar-refractivity contribution in [2.24, 2.45) is 0 Å². The van der Waals surface area contributed by atoms with E-state index in [0.717, 1.165) is 27.9 Å². The number of fused-ring (bicyclic) bond motifs is 4. The Morgan fingerprint density at radius 2 is 2.08 bits per heavy atom. The summed E-state index contributed by atoms with van der Waals surface area (Å²) in [6, 6.07) is 5.91. The van der Waals surface area contributed by atoms with Gasteiger partial charge in [0.2, 0.25) is 6.79 Å². The molecule has 0 saturated carbocycles. The lowest BCUT2D eigenvalue weighted by Gasteiger charge is -2.08. The Labute approximate surface area is 141 Å². The van der Waals surface area contributed by atoms with E-state index in [0.29, 0.717) is 17.5 Å². The van der Waals surface area contributed by atoms with E-state index < -0.39 is 0 Å². The van der Waals surface area contributed by atoms with Crippen LogP contribution in [0.25, 0.3) is 16.6 Å². The summed E-state index contributed by atoms with van der Waals surface area (Å²) in [5.41, 5.74) is 2.67. The second-order valence-electron chi connectivity index (χ2n) is 5.33. The van der Waals surface area contributed by atoms with Gasteiger partial charge in [-0.05, 0) is 31.5 Å². The third kappa shape index (κ3) is 2.43. The van der Waals surface area contributed by atoms with Crippen LogP contribution in [0.3, 0.4) is 0 Å². The molecule has 0 amide bonds. The summed E-state index contributed by atoms with van der Waals surface area (Å²) in [5, 5.41) is 10.1. The Morgan fingerprint density at radius 1 is 1.29 bits per heavy atom. The van der Waals surface area contributed by atoms with Crippen LogP contribution in [-0.4, -0.2) is 39.7 Å². The molecule has 0 atom stereocenters. The molecule has 4 rings (SSSR count). The van der Waals surface area contributed by atoms with E-state index in [1.165, 1.54) is 11.8 Å². The summed E-state index contributed by atoms with van der Waals surface area (Å²) in [6.45, 7) is 4.36. The average Bonchev–Trinajstić information content (AvgIpc) is 3.18. The maximum absolute atomic E-state index is 11.6. The Kier molecular flexibility index (Phi) is 3.68. The molecular weight excluding hydrogens is 330 g/mol. The highest BCUT2D eigenvalue weighted by Crippen LogP contribution is 2.37. The predicted molar refractivity (Wildman–Crippen MR) is 88.7 cm³/mol. The molecule has 124 valence electrons. The molecule has 0 saturated heterocycles. The van der Waals surface area contributed by atoms with Crippen LogP contribution in [-0.2, 0) is 9.53 Å². The van der Waals surface area contributed by atoms with Gasteiger partial charge in [0, 0.05) is 11.5 Å². The summed E-state index contributed by atoms with van der Waals surface area (Å²) in [5.74, 6) is 1.35. The van der Waals surface area contributed by atoms with Crippen molar-refractivity contribution in [2.45, 2.75) is 19.0 Å². The highest BCUT2D eigenvalue weighted by atomic mass is 32.2. The molecule has 3 aromatic rings. The fraction of sp³-hybridized carbons (Fsp3) is 0.312. The second kappa shape index (κ2) is 5.86. The maximum atomic E-state index is 11.6. The van der Waals surface area contributed by atoms with Crippen molar-refractivity contribution in [3.05, 3.63) is 23.8 Å². The lowest BCUT2D eigenvalue weighted by Crippen LogP contribution is -2.07. The number of carbonyl (C=O) groups excluding carboxylic acids is 1. The molecule has 8 heteroatoms. The molecule has 3 heterocycles. The Balaban J connectivity index is 1.83. The number of hydrogen-bond acceptors (Lipinski definition) is 7. The highest BCUT2D eigenvalue weighted by Gasteiger charge is 2.19. The van der Waals surface area contributed by atoms with Crippen LogP contribution in [0.2, 0.25) is 0 Å². The first-order valence-corrected chi connectivity index (χ1v) is 8.52. The van der Waals surface area contributed by atoms with Gasteiger partial charge in [0.25, 0.3) is 0 Å². The van der Waals surface area contributed by atoms with Crippen molar-refractivity contribution in [2.75, 3.05) is 19.2 Å². The van der Waals surface area contributed by atoms with E-state index in [9.17, 15) is 4.79 Å². The number of benzene rings is 1. The van der Waals surface area contributed by atoms with Crippen LogP contribution >= 0.6 is 11.8 Å². The molecular formula is C16H15N3O4S. The average molecular weight is 345 g/mol. The van der Waals surface area contributed by atoms with Gasteiger partial charge in [0.1, 0.15) is 0 Å². The van der Waals surface area contributed by atoms with Crippen LogP contribution < -0.4 is 9.47 Å². The molecule has 24 heavy (non-hydrogen) atoms. The van der Waals surface area contributed by atoms with Crippen molar-refractivity contribution < 1.29 is 19.0 Å². The monoisotopic (exact) mass is 345 g/mol. The highest BCUT2D eigenvalue weighted by molar-refractivity contribution is 7.99. The molecule has 0 unspecified atom stereocenters. The standard InChI is InChI=1S/C16H15N3O4S/c1-3-21-14(20)7-24-16-18-17-15-9(2)4-10-5-12-13(23-8-22-12)6-11(10)19(15)16/h4-6H,3,7-8H2,1-2H3. The fourth-order valence-corrected chi connectivity index (χ4v) is 3.46. The van der Waals surface area contributed by atoms with E-state index in [1.54, 1.807) is 6.92 Å². The molecule has 7 nitrogen and oxygen atoms in total.